The lowest BCUT2D eigenvalue weighted by Crippen LogP contribution is -2.29. The molecule has 0 spiro atoms. The van der Waals surface area contributed by atoms with Gasteiger partial charge in [0.15, 0.2) is 11.5 Å². The molecule has 2 saturated heterocycles. The summed E-state index contributed by atoms with van der Waals surface area (Å²) in [6, 6.07) is 6.28. The second-order valence-corrected chi connectivity index (χ2v) is 10.3. The Morgan fingerprint density at radius 3 is 2.43 bits per heavy atom. The van der Waals surface area contributed by atoms with Crippen molar-refractivity contribution in [3.8, 4) is 22.8 Å². The summed E-state index contributed by atoms with van der Waals surface area (Å²) in [5.74, 6) is 0.703. The smallest absolute Gasteiger partial charge is 0.161 e. The van der Waals surface area contributed by atoms with Gasteiger partial charge in [-0.1, -0.05) is 6.42 Å². The quantitative estimate of drug-likeness (QED) is 0.358. The van der Waals surface area contributed by atoms with E-state index < -0.39 is 0 Å². The van der Waals surface area contributed by atoms with Gasteiger partial charge in [-0.25, -0.2) is 9.97 Å². The highest BCUT2D eigenvalue weighted by atomic mass is 15.2. The average Bonchev–Trinajstić information content (AvgIpc) is 3.58. The summed E-state index contributed by atoms with van der Waals surface area (Å²) in [6.45, 7) is 5.36. The Morgan fingerprint density at radius 1 is 0.757 bits per heavy atom. The molecule has 0 atom stereocenters. The van der Waals surface area contributed by atoms with Gasteiger partial charge in [-0.3, -0.25) is 20.0 Å². The summed E-state index contributed by atoms with van der Waals surface area (Å²) >= 11 is 0. The Balaban J connectivity index is 1.23. The summed E-state index contributed by atoms with van der Waals surface area (Å²) in [5.41, 5.74) is 8.47. The number of rotatable bonds is 5. The number of fused-ring (bicyclic) bond motifs is 2. The van der Waals surface area contributed by atoms with E-state index in [9.17, 15) is 0 Å². The van der Waals surface area contributed by atoms with Crippen LogP contribution in [0.1, 0.15) is 44.1 Å². The van der Waals surface area contributed by atoms with Crippen LogP contribution in [-0.2, 0) is 6.54 Å². The van der Waals surface area contributed by atoms with Crippen molar-refractivity contribution in [2.75, 3.05) is 31.1 Å². The largest absolute Gasteiger partial charge is 0.368 e. The summed E-state index contributed by atoms with van der Waals surface area (Å²) < 4.78 is 0. The minimum Gasteiger partial charge on any atom is -0.368 e. The van der Waals surface area contributed by atoms with E-state index in [0.717, 1.165) is 64.3 Å². The normalized spacial score (nSPS) is 17.1. The third kappa shape index (κ3) is 4.33. The van der Waals surface area contributed by atoms with Gasteiger partial charge in [0.2, 0.25) is 0 Å². The fourth-order valence-electron chi connectivity index (χ4n) is 5.71. The van der Waals surface area contributed by atoms with E-state index in [4.69, 9.17) is 9.97 Å². The number of piperidine rings is 2. The van der Waals surface area contributed by atoms with Crippen LogP contribution >= 0.6 is 0 Å². The Hall–Kier alpha value is -3.85. The van der Waals surface area contributed by atoms with E-state index in [1.807, 2.05) is 36.9 Å². The van der Waals surface area contributed by atoms with Gasteiger partial charge in [-0.15, -0.1) is 0 Å². The van der Waals surface area contributed by atoms with Crippen molar-refractivity contribution in [2.24, 2.45) is 0 Å². The number of likely N-dealkylation sites (tertiary alicyclic amines) is 1. The molecule has 2 aliphatic heterocycles. The molecule has 5 aromatic rings. The predicted molar refractivity (Wildman–Crippen MR) is 145 cm³/mol. The van der Waals surface area contributed by atoms with Crippen LogP contribution < -0.4 is 4.90 Å². The lowest BCUT2D eigenvalue weighted by atomic mass is 10.1. The lowest BCUT2D eigenvalue weighted by Gasteiger charge is -2.28. The van der Waals surface area contributed by atoms with E-state index in [0.29, 0.717) is 5.82 Å². The first kappa shape index (κ1) is 22.4. The van der Waals surface area contributed by atoms with Crippen molar-refractivity contribution >= 4 is 27.8 Å². The third-order valence-electron chi connectivity index (χ3n) is 7.65. The molecule has 0 aromatic carbocycles. The van der Waals surface area contributed by atoms with Gasteiger partial charge in [-0.2, -0.15) is 5.10 Å². The number of nitrogens with one attached hydrogen (secondary N) is 2. The van der Waals surface area contributed by atoms with Crippen LogP contribution in [0.2, 0.25) is 0 Å². The van der Waals surface area contributed by atoms with Crippen LogP contribution in [0.15, 0.2) is 43.0 Å². The third-order valence-corrected chi connectivity index (χ3v) is 7.65. The van der Waals surface area contributed by atoms with Crippen LogP contribution in [0.3, 0.4) is 0 Å². The van der Waals surface area contributed by atoms with Gasteiger partial charge >= 0.3 is 0 Å². The van der Waals surface area contributed by atoms with Gasteiger partial charge in [0.1, 0.15) is 11.0 Å². The minimum atomic E-state index is 0.703. The maximum atomic E-state index is 5.02. The molecular formula is C28H31N9. The van der Waals surface area contributed by atoms with Crippen LogP contribution in [0.4, 0.5) is 5.69 Å². The SMILES string of the molecule is c1ncc(-c2ccc3[nH]nc(-c4nc5c(N6CCCCC6)cncc5[nH]4)c3n2)cc1CN1CCCCC1. The second-order valence-electron chi connectivity index (χ2n) is 10.3. The zero-order chi connectivity index (χ0) is 24.6. The molecule has 0 amide bonds. The number of nitrogens with zero attached hydrogens (tertiary/aromatic N) is 7. The maximum Gasteiger partial charge on any atom is 0.161 e. The zero-order valence-electron chi connectivity index (χ0n) is 21.0. The first-order valence-electron chi connectivity index (χ1n) is 13.4. The van der Waals surface area contributed by atoms with Gasteiger partial charge in [-0.05, 0) is 69.0 Å². The van der Waals surface area contributed by atoms with Gasteiger partial charge < -0.3 is 9.88 Å². The fourth-order valence-corrected chi connectivity index (χ4v) is 5.71. The van der Waals surface area contributed by atoms with Crippen molar-refractivity contribution in [2.45, 2.75) is 45.1 Å². The Bertz CT molecular complexity index is 1540. The van der Waals surface area contributed by atoms with Gasteiger partial charge in [0, 0.05) is 37.6 Å². The van der Waals surface area contributed by atoms with Gasteiger partial charge in [0.05, 0.1) is 34.8 Å². The zero-order valence-corrected chi connectivity index (χ0v) is 21.0. The summed E-state index contributed by atoms with van der Waals surface area (Å²) in [5, 5.41) is 7.73. The van der Waals surface area contributed by atoms with E-state index >= 15 is 0 Å². The molecule has 7 rings (SSSR count). The molecule has 9 heteroatoms. The molecule has 0 saturated carbocycles. The van der Waals surface area contributed by atoms with Crippen LogP contribution in [-0.4, -0.2) is 66.2 Å². The van der Waals surface area contributed by atoms with Crippen LogP contribution in [0.25, 0.3) is 44.8 Å². The fraction of sp³-hybridized carbons (Fsp3) is 0.393. The number of aromatic amines is 2. The number of anilines is 1. The molecule has 2 N–H and O–H groups in total. The Kier molecular flexibility index (Phi) is 5.77. The lowest BCUT2D eigenvalue weighted by molar-refractivity contribution is 0.220. The second kappa shape index (κ2) is 9.55. The number of imidazole rings is 1. The molecule has 7 heterocycles. The first-order valence-corrected chi connectivity index (χ1v) is 13.4. The van der Waals surface area contributed by atoms with Crippen molar-refractivity contribution in [1.29, 1.82) is 0 Å². The molecule has 0 aliphatic carbocycles. The molecule has 0 bridgehead atoms. The molecule has 0 unspecified atom stereocenters. The Morgan fingerprint density at radius 2 is 1.57 bits per heavy atom. The monoisotopic (exact) mass is 493 g/mol. The van der Waals surface area contributed by atoms with Gasteiger partial charge in [0.25, 0.3) is 0 Å². The van der Waals surface area contributed by atoms with E-state index in [-0.39, 0.29) is 0 Å². The van der Waals surface area contributed by atoms with E-state index in [1.54, 1.807) is 0 Å². The van der Waals surface area contributed by atoms with E-state index in [2.05, 4.69) is 41.0 Å². The van der Waals surface area contributed by atoms with Crippen LogP contribution in [0.5, 0.6) is 0 Å². The first-order chi connectivity index (χ1) is 18.3. The number of pyridine rings is 3. The number of H-pyrrole nitrogens is 2. The molecule has 0 radical (unpaired) electrons. The molecule has 37 heavy (non-hydrogen) atoms. The van der Waals surface area contributed by atoms with Crippen molar-refractivity contribution in [1.82, 2.24) is 40.0 Å². The number of aromatic nitrogens is 7. The molecule has 9 nitrogen and oxygen atoms in total. The summed E-state index contributed by atoms with van der Waals surface area (Å²) in [7, 11) is 0. The standard InChI is InChI=1S/C28H31N9/c1-3-9-36(10-4-1)18-19-13-20(15-29-14-19)21-7-8-22-26(31-21)27(35-34-22)28-32-23-16-30-17-24(25(23)33-28)37-11-5-2-6-12-37/h7-8,13-17H,1-6,9-12,18H2,(H,32,33)(H,34,35). The highest BCUT2D eigenvalue weighted by molar-refractivity contribution is 5.94. The predicted octanol–water partition coefficient (Wildman–Crippen LogP) is 4.93. The number of hydrogen-bond acceptors (Lipinski definition) is 7. The molecule has 2 fully saturated rings. The molecule has 5 aromatic heterocycles. The van der Waals surface area contributed by atoms with Crippen molar-refractivity contribution < 1.29 is 0 Å². The average molecular weight is 494 g/mol. The minimum absolute atomic E-state index is 0.703. The van der Waals surface area contributed by atoms with Crippen molar-refractivity contribution in [3.63, 3.8) is 0 Å². The Labute approximate surface area is 215 Å². The highest BCUT2D eigenvalue weighted by Gasteiger charge is 2.20. The molecular weight excluding hydrogens is 462 g/mol. The van der Waals surface area contributed by atoms with E-state index in [1.165, 1.54) is 57.2 Å². The van der Waals surface area contributed by atoms with Crippen molar-refractivity contribution in [3.05, 3.63) is 48.5 Å². The maximum absolute atomic E-state index is 5.02. The number of hydrogen-bond donors (Lipinski definition) is 2. The summed E-state index contributed by atoms with van der Waals surface area (Å²) in [6.07, 6.45) is 15.2. The molecule has 188 valence electrons. The molecule has 2 aliphatic rings. The highest BCUT2D eigenvalue weighted by Crippen LogP contribution is 2.31. The topological polar surface area (TPSA) is 103 Å². The van der Waals surface area contributed by atoms with Crippen LogP contribution in [0, 0.1) is 0 Å². The summed E-state index contributed by atoms with van der Waals surface area (Å²) in [4.78, 5) is 27.4.